The van der Waals surface area contributed by atoms with Crippen LogP contribution in [0.2, 0.25) is 0 Å². The Balaban J connectivity index is 1.96. The molecule has 0 amide bonds. The molecule has 7 heteroatoms. The zero-order chi connectivity index (χ0) is 20.3. The third-order valence-corrected chi connectivity index (χ3v) is 5.30. The first-order valence-electron chi connectivity index (χ1n) is 9.27. The molecule has 1 unspecified atom stereocenters. The summed E-state index contributed by atoms with van der Waals surface area (Å²) in [6.45, 7) is 5.84. The molecular formula is C21H26N4O2S. The van der Waals surface area contributed by atoms with Crippen LogP contribution in [0.3, 0.4) is 0 Å². The van der Waals surface area contributed by atoms with Crippen molar-refractivity contribution in [2.24, 2.45) is 0 Å². The number of nitrogens with zero attached hydrogens (tertiary/aromatic N) is 3. The van der Waals surface area contributed by atoms with Crippen molar-refractivity contribution in [3.8, 4) is 5.69 Å². The first kappa shape index (κ1) is 20.2. The molecule has 3 aromatic rings. The molecule has 3 rings (SSSR count). The minimum absolute atomic E-state index is 0.492. The molecule has 0 saturated carbocycles. The van der Waals surface area contributed by atoms with Crippen LogP contribution in [0.4, 0.5) is 0 Å². The zero-order valence-electron chi connectivity index (χ0n) is 16.7. The highest BCUT2D eigenvalue weighted by atomic mass is 32.2. The third kappa shape index (κ3) is 5.05. The van der Waals surface area contributed by atoms with Crippen LogP contribution in [0.1, 0.15) is 41.3 Å². The molecule has 1 N–H and O–H groups in total. The summed E-state index contributed by atoms with van der Waals surface area (Å²) in [4.78, 5) is 4.67. The number of nitrogens with one attached hydrogen (secondary N) is 1. The molecule has 0 fully saturated rings. The summed E-state index contributed by atoms with van der Waals surface area (Å²) < 4.78 is 27.8. The summed E-state index contributed by atoms with van der Waals surface area (Å²) in [6.07, 6.45) is 2.66. The zero-order valence-corrected chi connectivity index (χ0v) is 17.5. The number of sulfonamides is 1. The van der Waals surface area contributed by atoms with E-state index in [0.29, 0.717) is 18.1 Å². The van der Waals surface area contributed by atoms with Gasteiger partial charge in [0.15, 0.2) is 5.82 Å². The van der Waals surface area contributed by atoms with Crippen molar-refractivity contribution in [1.82, 2.24) is 19.5 Å². The van der Waals surface area contributed by atoms with E-state index >= 15 is 0 Å². The van der Waals surface area contributed by atoms with Gasteiger partial charge in [0.05, 0.1) is 18.0 Å². The van der Waals surface area contributed by atoms with Gasteiger partial charge in [0, 0.05) is 6.42 Å². The number of benzene rings is 2. The van der Waals surface area contributed by atoms with Gasteiger partial charge in [0.2, 0.25) is 10.0 Å². The van der Waals surface area contributed by atoms with Crippen molar-refractivity contribution in [3.63, 3.8) is 0 Å². The normalized spacial score (nSPS) is 12.9. The maximum Gasteiger partial charge on any atom is 0.209 e. The summed E-state index contributed by atoms with van der Waals surface area (Å²) in [7, 11) is -3.36. The Morgan fingerprint density at radius 1 is 1.07 bits per heavy atom. The van der Waals surface area contributed by atoms with Crippen LogP contribution in [0.5, 0.6) is 0 Å². The molecule has 0 radical (unpaired) electrons. The number of hydrogen-bond acceptors (Lipinski definition) is 4. The first-order valence-corrected chi connectivity index (χ1v) is 11.2. The van der Waals surface area contributed by atoms with Crippen molar-refractivity contribution in [3.05, 3.63) is 76.9 Å². The lowest BCUT2D eigenvalue weighted by Gasteiger charge is -2.14. The predicted octanol–water partition coefficient (Wildman–Crippen LogP) is 3.28. The monoisotopic (exact) mass is 398 g/mol. The van der Waals surface area contributed by atoms with E-state index in [1.807, 2.05) is 44.2 Å². The lowest BCUT2D eigenvalue weighted by Crippen LogP contribution is -2.27. The summed E-state index contributed by atoms with van der Waals surface area (Å²) in [5.41, 5.74) is 4.34. The maximum absolute atomic E-state index is 11.7. The van der Waals surface area contributed by atoms with E-state index in [1.54, 1.807) is 11.6 Å². The molecule has 1 heterocycles. The minimum atomic E-state index is -3.36. The molecule has 0 aliphatic heterocycles. The quantitative estimate of drug-likeness (QED) is 0.663. The summed E-state index contributed by atoms with van der Waals surface area (Å²) in [6, 6.07) is 15.8. The minimum Gasteiger partial charge on any atom is -0.216 e. The molecule has 0 aliphatic rings. The van der Waals surface area contributed by atoms with Gasteiger partial charge in [-0.25, -0.2) is 22.8 Å². The SMILES string of the molecule is Cc1ccc(-n2nc(CCc3ccccc3)nc2C(C)NS(C)(=O)=O)c(C)c1. The molecule has 0 spiro atoms. The molecule has 0 saturated heterocycles. The second-order valence-electron chi connectivity index (χ2n) is 7.19. The van der Waals surface area contributed by atoms with E-state index in [0.717, 1.165) is 29.5 Å². The van der Waals surface area contributed by atoms with E-state index in [2.05, 4.69) is 27.9 Å². The molecule has 0 bridgehead atoms. The fourth-order valence-corrected chi connectivity index (χ4v) is 4.00. The molecule has 1 aromatic heterocycles. The number of aryl methyl sites for hydroxylation is 4. The van der Waals surface area contributed by atoms with Crippen molar-refractivity contribution < 1.29 is 8.42 Å². The van der Waals surface area contributed by atoms with Crippen LogP contribution in [-0.4, -0.2) is 29.4 Å². The fraction of sp³-hybridized carbons (Fsp3) is 0.333. The number of aromatic nitrogens is 3. The highest BCUT2D eigenvalue weighted by Crippen LogP contribution is 2.21. The summed E-state index contributed by atoms with van der Waals surface area (Å²) in [5, 5.41) is 4.71. The van der Waals surface area contributed by atoms with E-state index in [-0.39, 0.29) is 0 Å². The van der Waals surface area contributed by atoms with Gasteiger partial charge in [0.1, 0.15) is 5.82 Å². The summed E-state index contributed by atoms with van der Waals surface area (Å²) in [5.74, 6) is 1.28. The van der Waals surface area contributed by atoms with Gasteiger partial charge in [-0.2, -0.15) is 5.10 Å². The molecule has 2 aromatic carbocycles. The number of hydrogen-bond donors (Lipinski definition) is 1. The molecular weight excluding hydrogens is 372 g/mol. The van der Waals surface area contributed by atoms with E-state index in [1.165, 1.54) is 5.56 Å². The number of rotatable bonds is 7. The standard InChI is InChI=1S/C21H26N4O2S/c1-15-10-12-19(16(2)14-15)25-21(17(3)24-28(4,26)27)22-20(23-25)13-11-18-8-6-5-7-9-18/h5-10,12,14,17,24H,11,13H2,1-4H3. The summed E-state index contributed by atoms with van der Waals surface area (Å²) >= 11 is 0. The Kier molecular flexibility index (Phi) is 5.96. The van der Waals surface area contributed by atoms with Gasteiger partial charge in [-0.15, -0.1) is 0 Å². The van der Waals surface area contributed by atoms with Gasteiger partial charge < -0.3 is 0 Å². The van der Waals surface area contributed by atoms with Crippen molar-refractivity contribution >= 4 is 10.0 Å². The Morgan fingerprint density at radius 2 is 1.79 bits per heavy atom. The Morgan fingerprint density at radius 3 is 2.43 bits per heavy atom. The Labute approximate surface area is 166 Å². The largest absolute Gasteiger partial charge is 0.216 e. The molecule has 28 heavy (non-hydrogen) atoms. The van der Waals surface area contributed by atoms with E-state index in [4.69, 9.17) is 5.10 Å². The third-order valence-electron chi connectivity index (χ3n) is 4.51. The van der Waals surface area contributed by atoms with Gasteiger partial charge in [-0.05, 0) is 44.4 Å². The Hall–Kier alpha value is -2.51. The van der Waals surface area contributed by atoms with Crippen LogP contribution in [0.25, 0.3) is 5.69 Å². The molecule has 1 atom stereocenters. The van der Waals surface area contributed by atoms with Crippen LogP contribution < -0.4 is 4.72 Å². The Bertz CT molecular complexity index is 1060. The average Bonchev–Trinajstić information content (AvgIpc) is 3.04. The topological polar surface area (TPSA) is 76.9 Å². The predicted molar refractivity (Wildman–Crippen MR) is 111 cm³/mol. The van der Waals surface area contributed by atoms with Gasteiger partial charge >= 0.3 is 0 Å². The molecule has 0 aliphatic carbocycles. The smallest absolute Gasteiger partial charge is 0.209 e. The molecule has 6 nitrogen and oxygen atoms in total. The fourth-order valence-electron chi connectivity index (χ4n) is 3.25. The maximum atomic E-state index is 11.7. The van der Waals surface area contributed by atoms with E-state index in [9.17, 15) is 8.42 Å². The lowest BCUT2D eigenvalue weighted by atomic mass is 10.1. The first-order chi connectivity index (χ1) is 13.2. The van der Waals surface area contributed by atoms with Gasteiger partial charge in [0.25, 0.3) is 0 Å². The second kappa shape index (κ2) is 8.24. The average molecular weight is 399 g/mol. The highest BCUT2D eigenvalue weighted by Gasteiger charge is 2.21. The van der Waals surface area contributed by atoms with Crippen LogP contribution >= 0.6 is 0 Å². The van der Waals surface area contributed by atoms with Gasteiger partial charge in [-0.1, -0.05) is 48.0 Å². The lowest BCUT2D eigenvalue weighted by molar-refractivity contribution is 0.560. The second-order valence-corrected chi connectivity index (χ2v) is 8.97. The van der Waals surface area contributed by atoms with Crippen LogP contribution in [0.15, 0.2) is 48.5 Å². The molecule has 148 valence electrons. The van der Waals surface area contributed by atoms with Gasteiger partial charge in [-0.3, -0.25) is 0 Å². The van der Waals surface area contributed by atoms with Crippen molar-refractivity contribution in [2.45, 2.75) is 39.7 Å². The van der Waals surface area contributed by atoms with Crippen molar-refractivity contribution in [1.29, 1.82) is 0 Å². The van der Waals surface area contributed by atoms with Crippen LogP contribution in [-0.2, 0) is 22.9 Å². The van der Waals surface area contributed by atoms with E-state index < -0.39 is 16.1 Å². The van der Waals surface area contributed by atoms with Crippen LogP contribution in [0, 0.1) is 13.8 Å². The highest BCUT2D eigenvalue weighted by molar-refractivity contribution is 7.88. The van der Waals surface area contributed by atoms with Crippen molar-refractivity contribution in [2.75, 3.05) is 6.26 Å².